The van der Waals surface area contributed by atoms with Gasteiger partial charge in [-0.15, -0.1) is 0 Å². The van der Waals surface area contributed by atoms with Gasteiger partial charge in [0, 0.05) is 26.2 Å². The normalized spacial score (nSPS) is 10.4. The first-order valence-electron chi connectivity index (χ1n) is 4.00. The number of nitrogens with zero attached hydrogens (tertiary/aromatic N) is 2. The number of thiol groups is 1. The summed E-state index contributed by atoms with van der Waals surface area (Å²) in [7, 11) is 1.92. The van der Waals surface area contributed by atoms with E-state index in [1.807, 2.05) is 29.9 Å². The van der Waals surface area contributed by atoms with Gasteiger partial charge in [0.05, 0.1) is 11.0 Å². The molecule has 0 aliphatic heterocycles. The van der Waals surface area contributed by atoms with Crippen LogP contribution >= 0.6 is 12.9 Å². The Morgan fingerprint density at radius 1 is 1.50 bits per heavy atom. The molecule has 72 valence electrons. The van der Waals surface area contributed by atoms with E-state index >= 15 is 0 Å². The summed E-state index contributed by atoms with van der Waals surface area (Å²) in [6.07, 6.45) is 1.88. The first-order valence-corrected chi connectivity index (χ1v) is 4.36. The highest BCUT2D eigenvalue weighted by molar-refractivity contribution is 7.75. The van der Waals surface area contributed by atoms with Gasteiger partial charge in [0.25, 0.3) is 0 Å². The van der Waals surface area contributed by atoms with Crippen molar-refractivity contribution in [3.05, 3.63) is 30.1 Å². The molecule has 2 heterocycles. The molecule has 14 heavy (non-hydrogen) atoms. The summed E-state index contributed by atoms with van der Waals surface area (Å²) >= 11 is 3.43. The Morgan fingerprint density at radius 3 is 3.00 bits per heavy atom. The minimum absolute atomic E-state index is 0.263. The van der Waals surface area contributed by atoms with Gasteiger partial charge in [-0.25, -0.2) is 9.78 Å². The lowest BCUT2D eigenvalue weighted by Crippen LogP contribution is -2.01. The number of hydrogen-bond acceptors (Lipinski definition) is 4. The number of rotatable bonds is 1. The second-order valence-corrected chi connectivity index (χ2v) is 3.09. The van der Waals surface area contributed by atoms with Crippen LogP contribution in [0.1, 0.15) is 10.5 Å². The smallest absolute Gasteiger partial charge is 0.368 e. The van der Waals surface area contributed by atoms with Gasteiger partial charge in [-0.05, 0) is 18.2 Å². The minimum atomic E-state index is -0.543. The second-order valence-electron chi connectivity index (χ2n) is 2.91. The molecule has 0 spiro atoms. The van der Waals surface area contributed by atoms with Gasteiger partial charge >= 0.3 is 5.97 Å². The number of aryl methyl sites for hydroxylation is 1. The third-order valence-electron chi connectivity index (χ3n) is 2.03. The number of hydrogen-bond donors (Lipinski definition) is 1. The highest BCUT2D eigenvalue weighted by Gasteiger charge is 2.09. The molecule has 0 amide bonds. The van der Waals surface area contributed by atoms with Gasteiger partial charge in [0.2, 0.25) is 0 Å². The van der Waals surface area contributed by atoms with Crippen LogP contribution in [0.4, 0.5) is 0 Å². The summed E-state index contributed by atoms with van der Waals surface area (Å²) in [4.78, 5) is 15.2. The lowest BCUT2D eigenvalue weighted by molar-refractivity contribution is 0.0766. The number of carbonyl (C=O) groups excluding carboxylic acids is 1. The number of pyridine rings is 1. The molecule has 0 aliphatic carbocycles. The first-order chi connectivity index (χ1) is 6.72. The third-order valence-corrected chi connectivity index (χ3v) is 2.20. The van der Waals surface area contributed by atoms with Crippen LogP contribution in [0.25, 0.3) is 11.0 Å². The van der Waals surface area contributed by atoms with E-state index in [9.17, 15) is 4.79 Å². The van der Waals surface area contributed by atoms with E-state index in [1.54, 1.807) is 6.07 Å². The summed E-state index contributed by atoms with van der Waals surface area (Å²) in [5.74, 6) is -0.543. The average Bonchev–Trinajstić information content (AvgIpc) is 2.59. The quantitative estimate of drug-likeness (QED) is 0.571. The van der Waals surface area contributed by atoms with E-state index in [0.29, 0.717) is 0 Å². The van der Waals surface area contributed by atoms with Crippen LogP contribution in [-0.2, 0) is 11.2 Å². The maximum atomic E-state index is 11.1. The van der Waals surface area contributed by atoms with E-state index in [-0.39, 0.29) is 5.69 Å². The van der Waals surface area contributed by atoms with Crippen LogP contribution in [0, 0.1) is 0 Å². The van der Waals surface area contributed by atoms with Crippen LogP contribution in [0.2, 0.25) is 0 Å². The van der Waals surface area contributed by atoms with Crippen molar-refractivity contribution in [2.75, 3.05) is 0 Å². The van der Waals surface area contributed by atoms with E-state index < -0.39 is 5.97 Å². The third kappa shape index (κ3) is 1.35. The molecule has 0 bridgehead atoms. The second kappa shape index (κ2) is 3.34. The summed E-state index contributed by atoms with van der Waals surface area (Å²) in [6.45, 7) is 0. The van der Waals surface area contributed by atoms with Crippen molar-refractivity contribution in [1.29, 1.82) is 0 Å². The summed E-state index contributed by atoms with van der Waals surface area (Å²) in [5, 5.41) is 0. The molecular weight excluding hydrogens is 200 g/mol. The van der Waals surface area contributed by atoms with Crippen molar-refractivity contribution in [2.45, 2.75) is 0 Å². The van der Waals surface area contributed by atoms with Crippen LogP contribution in [-0.4, -0.2) is 15.5 Å². The molecule has 0 saturated heterocycles. The summed E-state index contributed by atoms with van der Waals surface area (Å²) < 4.78 is 6.21. The zero-order chi connectivity index (χ0) is 10.1. The molecular formula is C9H8N2O2S. The van der Waals surface area contributed by atoms with Crippen molar-refractivity contribution < 1.29 is 8.98 Å². The van der Waals surface area contributed by atoms with Crippen molar-refractivity contribution in [2.24, 2.45) is 7.05 Å². The molecule has 0 fully saturated rings. The maximum Gasteiger partial charge on any atom is 0.368 e. The van der Waals surface area contributed by atoms with E-state index in [2.05, 4.69) is 22.1 Å². The van der Waals surface area contributed by atoms with Gasteiger partial charge in [0.1, 0.15) is 5.69 Å². The van der Waals surface area contributed by atoms with Crippen molar-refractivity contribution in [3.8, 4) is 0 Å². The van der Waals surface area contributed by atoms with Crippen LogP contribution in [0.3, 0.4) is 0 Å². The Kier molecular flexibility index (Phi) is 2.17. The van der Waals surface area contributed by atoms with Crippen molar-refractivity contribution >= 4 is 29.9 Å². The predicted octanol–water partition coefficient (Wildman–Crippen LogP) is 1.57. The zero-order valence-corrected chi connectivity index (χ0v) is 8.36. The first kappa shape index (κ1) is 9.08. The van der Waals surface area contributed by atoms with E-state index in [0.717, 1.165) is 11.0 Å². The molecule has 0 aliphatic rings. The number of fused-ring (bicyclic) bond motifs is 1. The molecule has 2 rings (SSSR count). The topological polar surface area (TPSA) is 44.1 Å². The minimum Gasteiger partial charge on any atom is -0.390 e. The fraction of sp³-hybridized carbons (Fsp3) is 0.111. The molecule has 0 unspecified atom stereocenters. The van der Waals surface area contributed by atoms with E-state index in [1.165, 1.54) is 0 Å². The van der Waals surface area contributed by atoms with E-state index in [4.69, 9.17) is 0 Å². The molecule has 0 aromatic carbocycles. The summed E-state index contributed by atoms with van der Waals surface area (Å²) in [6, 6.07) is 5.27. The monoisotopic (exact) mass is 208 g/mol. The lowest BCUT2D eigenvalue weighted by atomic mass is 10.3. The maximum absolute atomic E-state index is 11.1. The Hall–Kier alpha value is -1.49. The Bertz CT molecular complexity index is 493. The Balaban J connectivity index is 2.57. The lowest BCUT2D eigenvalue weighted by Gasteiger charge is -1.98. The molecule has 0 atom stereocenters. The zero-order valence-electron chi connectivity index (χ0n) is 7.47. The fourth-order valence-corrected chi connectivity index (χ4v) is 1.41. The van der Waals surface area contributed by atoms with Crippen LogP contribution < -0.4 is 0 Å². The SMILES string of the molecule is Cn1ccc2nc(C(=O)OS)ccc21. The molecule has 0 saturated carbocycles. The van der Waals surface area contributed by atoms with Crippen molar-refractivity contribution in [3.63, 3.8) is 0 Å². The number of aromatic nitrogens is 2. The standard InChI is InChI=1S/C9H8N2O2S/c1-11-5-4-6-8(11)3-2-7(10-6)9(12)13-14/h2-5,14H,1H3. The van der Waals surface area contributed by atoms with Gasteiger partial charge in [-0.3, -0.25) is 0 Å². The fourth-order valence-electron chi connectivity index (χ4n) is 1.31. The molecule has 0 N–H and O–H groups in total. The summed E-state index contributed by atoms with van der Waals surface area (Å²) in [5.41, 5.74) is 2.00. The van der Waals surface area contributed by atoms with Crippen molar-refractivity contribution in [1.82, 2.24) is 9.55 Å². The highest BCUT2D eigenvalue weighted by Crippen LogP contribution is 2.13. The molecule has 2 aromatic heterocycles. The Labute approximate surface area is 86.1 Å². The number of carbonyl (C=O) groups is 1. The average molecular weight is 208 g/mol. The van der Waals surface area contributed by atoms with Gasteiger partial charge in [-0.2, -0.15) is 0 Å². The molecule has 0 radical (unpaired) electrons. The molecule has 5 heteroatoms. The van der Waals surface area contributed by atoms with Crippen LogP contribution in [0.5, 0.6) is 0 Å². The van der Waals surface area contributed by atoms with Gasteiger partial charge in [-0.1, -0.05) is 0 Å². The highest BCUT2D eigenvalue weighted by atomic mass is 32.1. The Morgan fingerprint density at radius 2 is 2.29 bits per heavy atom. The van der Waals surface area contributed by atoms with Gasteiger partial charge in [0.15, 0.2) is 0 Å². The van der Waals surface area contributed by atoms with Crippen LogP contribution in [0.15, 0.2) is 24.4 Å². The molecule has 2 aromatic rings. The predicted molar refractivity (Wildman–Crippen MR) is 55.1 cm³/mol. The largest absolute Gasteiger partial charge is 0.390 e. The van der Waals surface area contributed by atoms with Gasteiger partial charge < -0.3 is 8.75 Å². The molecule has 4 nitrogen and oxygen atoms in total.